The van der Waals surface area contributed by atoms with Crippen LogP contribution >= 0.6 is 11.6 Å². The molecule has 2 saturated heterocycles. The molecule has 7 rings (SSSR count). The van der Waals surface area contributed by atoms with Crippen molar-refractivity contribution < 1.29 is 14.3 Å². The fraction of sp³-hybridized carbons (Fsp3) is 0.512. The molecular weight excluding hydrogens is 674 g/mol. The number of aromatic nitrogens is 3. The number of hydrogen-bond donors (Lipinski definition) is 3. The maximum Gasteiger partial charge on any atom is 0.236 e. The first kappa shape index (κ1) is 36.4. The number of likely N-dealkylation sites (tertiary alicyclic amines) is 1. The third kappa shape index (κ3) is 7.43. The van der Waals surface area contributed by atoms with E-state index in [2.05, 4.69) is 71.9 Å². The zero-order valence-electron chi connectivity index (χ0n) is 30.7. The van der Waals surface area contributed by atoms with E-state index >= 15 is 0 Å². The number of aryl methyl sites for hydroxylation is 2. The molecule has 2 aromatic carbocycles. The van der Waals surface area contributed by atoms with E-state index < -0.39 is 11.3 Å². The molecule has 2 aromatic heterocycles. The van der Waals surface area contributed by atoms with Gasteiger partial charge in [-0.2, -0.15) is 5.10 Å². The minimum Gasteiger partial charge on any atom is -0.381 e. The molecule has 3 aliphatic rings. The van der Waals surface area contributed by atoms with Crippen molar-refractivity contribution >= 4 is 40.1 Å². The second-order valence-electron chi connectivity index (χ2n) is 15.1. The Morgan fingerprint density at radius 2 is 1.81 bits per heavy atom. The number of primary amides is 1. The van der Waals surface area contributed by atoms with Gasteiger partial charge in [-0.25, -0.2) is 9.67 Å². The van der Waals surface area contributed by atoms with Crippen LogP contribution in [0, 0.1) is 17.3 Å². The van der Waals surface area contributed by atoms with E-state index in [1.54, 1.807) is 0 Å². The van der Waals surface area contributed by atoms with Gasteiger partial charge in [0.25, 0.3) is 0 Å². The van der Waals surface area contributed by atoms with Crippen LogP contribution in [0.4, 0.5) is 5.69 Å². The third-order valence-electron chi connectivity index (χ3n) is 11.7. The average Bonchev–Trinajstić information content (AvgIpc) is 3.74. The highest BCUT2D eigenvalue weighted by atomic mass is 35.5. The number of fused-ring (bicyclic) bond motifs is 1. The van der Waals surface area contributed by atoms with Gasteiger partial charge in [0.15, 0.2) is 5.65 Å². The van der Waals surface area contributed by atoms with E-state index in [4.69, 9.17) is 27.1 Å². The highest BCUT2D eigenvalue weighted by Crippen LogP contribution is 2.54. The van der Waals surface area contributed by atoms with E-state index in [1.807, 2.05) is 23.0 Å². The number of halogens is 1. The van der Waals surface area contributed by atoms with Gasteiger partial charge in [0.2, 0.25) is 11.8 Å². The minimum atomic E-state index is -1.26. The molecule has 0 bridgehead atoms. The predicted molar refractivity (Wildman–Crippen MR) is 206 cm³/mol. The molecule has 4 aromatic rings. The molecule has 2 unspecified atom stereocenters. The Kier molecular flexibility index (Phi) is 10.9. The van der Waals surface area contributed by atoms with E-state index in [0.29, 0.717) is 50.0 Å². The van der Waals surface area contributed by atoms with Crippen LogP contribution in [0.1, 0.15) is 68.3 Å². The highest BCUT2D eigenvalue weighted by Gasteiger charge is 2.64. The lowest BCUT2D eigenvalue weighted by molar-refractivity contribution is -0.136. The molecule has 0 radical (unpaired) electrons. The van der Waals surface area contributed by atoms with E-state index in [9.17, 15) is 9.59 Å². The maximum atomic E-state index is 14.0. The number of pyridine rings is 1. The summed E-state index contributed by atoms with van der Waals surface area (Å²) in [5.74, 6) is -0.424. The van der Waals surface area contributed by atoms with Crippen molar-refractivity contribution in [3.8, 4) is 11.1 Å². The van der Waals surface area contributed by atoms with Crippen LogP contribution in [0.15, 0.2) is 48.7 Å². The zero-order chi connectivity index (χ0) is 36.4. The van der Waals surface area contributed by atoms with E-state index in [1.165, 1.54) is 18.4 Å². The van der Waals surface area contributed by atoms with Gasteiger partial charge in [-0.15, -0.1) is 0 Å². The van der Waals surface area contributed by atoms with E-state index in [0.717, 1.165) is 77.0 Å². The van der Waals surface area contributed by atoms with Crippen molar-refractivity contribution in [3.63, 3.8) is 0 Å². The van der Waals surface area contributed by atoms with Crippen LogP contribution in [0.3, 0.4) is 0 Å². The number of benzene rings is 2. The first-order chi connectivity index (χ1) is 25.2. The number of carbonyl (C=O) groups is 2. The van der Waals surface area contributed by atoms with Crippen molar-refractivity contribution in [2.75, 3.05) is 38.7 Å². The van der Waals surface area contributed by atoms with Crippen LogP contribution in [-0.4, -0.2) is 70.9 Å². The number of amides is 2. The molecule has 1 saturated carbocycles. The van der Waals surface area contributed by atoms with Gasteiger partial charge in [-0.1, -0.05) is 48.9 Å². The Morgan fingerprint density at radius 3 is 2.54 bits per heavy atom. The van der Waals surface area contributed by atoms with E-state index in [-0.39, 0.29) is 24.4 Å². The van der Waals surface area contributed by atoms with Gasteiger partial charge in [0.1, 0.15) is 5.41 Å². The standard InChI is InChI=1S/C41H52ClN7O3/c1-4-36-33(37(46-31-13-17-52-18-14-31)34-25-45-49(5-2)38(34)47-36)24-44-40(51)41(39(43)50)23-30(41)21-28-9-10-35(42)32(22-28)29-8-6-7-27(20-29)19-26-11-15-48(3)16-12-26/h6-10,20,22,25-26,30-31H,4-5,11-19,21,23-24H2,1-3H3,(H2,43,50)(H,44,51)(H,46,47). The number of nitrogens with zero attached hydrogens (tertiary/aromatic N) is 4. The molecule has 0 spiro atoms. The summed E-state index contributed by atoms with van der Waals surface area (Å²) in [6.07, 6.45) is 8.79. The fourth-order valence-electron chi connectivity index (χ4n) is 8.37. The molecule has 276 valence electrons. The van der Waals surface area contributed by atoms with Crippen LogP contribution in [0.25, 0.3) is 22.2 Å². The van der Waals surface area contributed by atoms with Crippen LogP contribution in [0.2, 0.25) is 5.02 Å². The number of rotatable bonds is 13. The highest BCUT2D eigenvalue weighted by molar-refractivity contribution is 6.33. The Morgan fingerprint density at radius 1 is 1.04 bits per heavy atom. The van der Waals surface area contributed by atoms with Gasteiger partial charge < -0.3 is 26.0 Å². The summed E-state index contributed by atoms with van der Waals surface area (Å²) in [7, 11) is 2.19. The number of nitrogens with two attached hydrogens (primary N) is 1. The molecule has 52 heavy (non-hydrogen) atoms. The summed E-state index contributed by atoms with van der Waals surface area (Å²) in [6.45, 7) is 8.76. The SMILES string of the molecule is CCc1nc2c(cnn2CC)c(NC2CCOCC2)c1CNC(=O)C1(C(N)=O)CC1Cc1ccc(Cl)c(-c2cccc(CC3CCN(C)CC3)c2)c1. The van der Waals surface area contributed by atoms with Gasteiger partial charge in [-0.05, 0) is 119 Å². The third-order valence-corrected chi connectivity index (χ3v) is 12.0. The monoisotopic (exact) mass is 725 g/mol. The Bertz CT molecular complexity index is 1930. The number of nitrogens with one attached hydrogen (secondary N) is 2. The second-order valence-corrected chi connectivity index (χ2v) is 15.5. The van der Waals surface area contributed by atoms with Crippen molar-refractivity contribution in [1.82, 2.24) is 25.0 Å². The van der Waals surface area contributed by atoms with Gasteiger partial charge in [0, 0.05) is 54.2 Å². The number of anilines is 1. The molecule has 3 fully saturated rings. The van der Waals surface area contributed by atoms with Crippen molar-refractivity contribution in [2.24, 2.45) is 23.0 Å². The second kappa shape index (κ2) is 15.5. The Labute approximate surface area is 311 Å². The van der Waals surface area contributed by atoms with Gasteiger partial charge in [0.05, 0.1) is 17.3 Å². The molecule has 2 amide bonds. The van der Waals surface area contributed by atoms with Gasteiger partial charge in [-0.3, -0.25) is 9.59 Å². The molecule has 11 heteroatoms. The zero-order valence-corrected chi connectivity index (χ0v) is 31.5. The first-order valence-corrected chi connectivity index (χ1v) is 19.4. The lowest BCUT2D eigenvalue weighted by atomic mass is 9.89. The summed E-state index contributed by atoms with van der Waals surface area (Å²) in [5.41, 5.74) is 12.7. The number of piperidine rings is 1. The Hall–Kier alpha value is -3.99. The molecule has 2 atom stereocenters. The fourth-order valence-corrected chi connectivity index (χ4v) is 8.59. The van der Waals surface area contributed by atoms with Crippen molar-refractivity contribution in [3.05, 3.63) is 76.1 Å². The smallest absolute Gasteiger partial charge is 0.236 e. The molecule has 10 nitrogen and oxygen atoms in total. The predicted octanol–water partition coefficient (Wildman–Crippen LogP) is 6.16. The van der Waals surface area contributed by atoms with Crippen LogP contribution in [0.5, 0.6) is 0 Å². The Balaban J connectivity index is 1.08. The lowest BCUT2D eigenvalue weighted by Gasteiger charge is -2.29. The van der Waals surface area contributed by atoms with Crippen molar-refractivity contribution in [2.45, 2.75) is 84.3 Å². The number of hydrogen-bond acceptors (Lipinski definition) is 7. The van der Waals surface area contributed by atoms with Crippen LogP contribution in [-0.2, 0) is 46.7 Å². The summed E-state index contributed by atoms with van der Waals surface area (Å²) in [5, 5.41) is 13.1. The van der Waals surface area contributed by atoms with Gasteiger partial charge >= 0.3 is 0 Å². The summed E-state index contributed by atoms with van der Waals surface area (Å²) in [6, 6.07) is 15.0. The molecule has 1 aliphatic carbocycles. The first-order valence-electron chi connectivity index (χ1n) is 19.1. The van der Waals surface area contributed by atoms with Crippen molar-refractivity contribution in [1.29, 1.82) is 0 Å². The largest absolute Gasteiger partial charge is 0.381 e. The normalized spacial score (nSPS) is 21.3. The molecular formula is C41H52ClN7O3. The quantitative estimate of drug-likeness (QED) is 0.141. The average molecular weight is 726 g/mol. The molecule has 4 N–H and O–H groups in total. The summed E-state index contributed by atoms with van der Waals surface area (Å²) < 4.78 is 7.51. The minimum absolute atomic E-state index is 0.205. The van der Waals surface area contributed by atoms with Crippen LogP contribution < -0.4 is 16.4 Å². The maximum absolute atomic E-state index is 14.0. The molecule has 2 aliphatic heterocycles. The molecule has 4 heterocycles. The lowest BCUT2D eigenvalue weighted by Crippen LogP contribution is -2.42. The number of ether oxygens (including phenoxy) is 1. The summed E-state index contributed by atoms with van der Waals surface area (Å²) >= 11 is 6.78. The topological polar surface area (TPSA) is 127 Å². The number of carbonyl (C=O) groups excluding carboxylic acids is 2. The summed E-state index contributed by atoms with van der Waals surface area (Å²) in [4.78, 5) is 34.5.